The van der Waals surface area contributed by atoms with E-state index in [1.807, 2.05) is 6.92 Å². The van der Waals surface area contributed by atoms with Crippen LogP contribution < -0.4 is 15.7 Å². The van der Waals surface area contributed by atoms with Crippen molar-refractivity contribution in [2.45, 2.75) is 78.6 Å². The summed E-state index contributed by atoms with van der Waals surface area (Å²) in [5.41, 5.74) is 1.65. The third-order valence-electron chi connectivity index (χ3n) is 11.0. The lowest BCUT2D eigenvalue weighted by Gasteiger charge is -2.62. The molecule has 3 N–H and O–H groups in total. The highest BCUT2D eigenvalue weighted by Crippen LogP contribution is 2.67. The van der Waals surface area contributed by atoms with Gasteiger partial charge in [-0.25, -0.2) is 14.7 Å². The first-order valence-corrected chi connectivity index (χ1v) is 14.3. The summed E-state index contributed by atoms with van der Waals surface area (Å²) in [6, 6.07) is 3.00. The molecule has 4 aliphatic rings. The van der Waals surface area contributed by atoms with Crippen molar-refractivity contribution in [2.24, 2.45) is 34.0 Å². The standard InChI is InChI=1S/C29H41BFNO8/c1-16-8-10-29-11-9-19(33)25(29)28(16,4)21(12-27(3,15-32-37-5)26(35)17(29)2)40-22(34)14-38-20-7-6-18-13-39-30(36)23(18)24(20)31/h6-7,16-17,21,25-26,32,35-36H,8-15H2,1-5H3/t16-,17+,21-,25+,26+,27+,28+,29+/m1/s1. The molecule has 0 unspecified atom stereocenters. The van der Waals surface area contributed by atoms with Crippen molar-refractivity contribution in [3.63, 3.8) is 0 Å². The predicted molar refractivity (Wildman–Crippen MR) is 144 cm³/mol. The quantitative estimate of drug-likeness (QED) is 0.261. The molecule has 9 nitrogen and oxygen atoms in total. The minimum Gasteiger partial charge on any atom is -0.479 e. The second-order valence-electron chi connectivity index (χ2n) is 12.9. The molecule has 220 valence electrons. The highest BCUT2D eigenvalue weighted by Gasteiger charge is 2.68. The van der Waals surface area contributed by atoms with E-state index in [1.54, 1.807) is 6.07 Å². The van der Waals surface area contributed by atoms with Crippen molar-refractivity contribution >= 4 is 24.3 Å². The van der Waals surface area contributed by atoms with Crippen molar-refractivity contribution in [3.05, 3.63) is 23.5 Å². The fourth-order valence-corrected chi connectivity index (χ4v) is 8.47. The second kappa shape index (κ2) is 10.7. The monoisotopic (exact) mass is 561 g/mol. The minimum absolute atomic E-state index is 0.00929. The van der Waals surface area contributed by atoms with Gasteiger partial charge in [-0.3, -0.25) is 4.79 Å². The molecular formula is C29H41BFNO8. The first-order chi connectivity index (χ1) is 18.9. The van der Waals surface area contributed by atoms with Crippen molar-refractivity contribution in [1.29, 1.82) is 0 Å². The van der Waals surface area contributed by atoms with Crippen LogP contribution in [0.4, 0.5) is 4.39 Å². The fourth-order valence-electron chi connectivity index (χ4n) is 8.47. The number of rotatable bonds is 7. The fraction of sp³-hybridized carbons (Fsp3) is 0.724. The van der Waals surface area contributed by atoms with E-state index in [0.717, 1.165) is 12.8 Å². The number of Topliss-reactive ketones (excluding diaryl/α,β-unsaturated/α-hetero) is 1. The molecule has 1 heterocycles. The molecule has 3 aliphatic carbocycles. The van der Waals surface area contributed by atoms with Crippen LogP contribution in [0.3, 0.4) is 0 Å². The number of carbonyl (C=O) groups excluding carboxylic acids is 2. The number of halogens is 1. The first-order valence-electron chi connectivity index (χ1n) is 14.3. The Labute approximate surface area is 235 Å². The molecule has 11 heteroatoms. The van der Waals surface area contributed by atoms with Gasteiger partial charge in [-0.1, -0.05) is 33.8 Å². The van der Waals surface area contributed by atoms with Gasteiger partial charge in [0.15, 0.2) is 18.2 Å². The van der Waals surface area contributed by atoms with Gasteiger partial charge in [-0.05, 0) is 54.6 Å². The molecule has 0 spiro atoms. The van der Waals surface area contributed by atoms with Crippen molar-refractivity contribution < 1.29 is 43.1 Å². The van der Waals surface area contributed by atoms with E-state index in [4.69, 9.17) is 19.0 Å². The molecule has 3 fully saturated rings. The lowest BCUT2D eigenvalue weighted by Crippen LogP contribution is -2.64. The summed E-state index contributed by atoms with van der Waals surface area (Å²) >= 11 is 0. The maximum Gasteiger partial charge on any atom is 0.494 e. The van der Waals surface area contributed by atoms with E-state index < -0.39 is 48.5 Å². The van der Waals surface area contributed by atoms with Crippen molar-refractivity contribution in [3.8, 4) is 5.75 Å². The van der Waals surface area contributed by atoms with Crippen LogP contribution in [0, 0.1) is 39.8 Å². The average molecular weight is 561 g/mol. The van der Waals surface area contributed by atoms with E-state index >= 15 is 0 Å². The molecule has 2 bridgehead atoms. The Kier molecular flexibility index (Phi) is 7.85. The maximum atomic E-state index is 15.0. The van der Waals surface area contributed by atoms with Gasteiger partial charge in [-0.15, -0.1) is 0 Å². The number of ether oxygens (including phenoxy) is 2. The summed E-state index contributed by atoms with van der Waals surface area (Å²) in [7, 11) is 0.132. The van der Waals surface area contributed by atoms with E-state index in [0.29, 0.717) is 31.4 Å². The SMILES string of the molecule is CONC[C@]1(C)C[C@@H](OC(=O)COc2ccc3c(c2F)B(O)OC3)[C@]2(C)[C@H](C)CC[C@]3(CCC(=O)[C@H]32)[C@@H](C)[C@@H]1O. The van der Waals surface area contributed by atoms with Gasteiger partial charge in [0, 0.05) is 35.2 Å². The largest absolute Gasteiger partial charge is 0.494 e. The van der Waals surface area contributed by atoms with Crippen LogP contribution in [-0.2, 0) is 30.4 Å². The first kappa shape index (κ1) is 29.4. The van der Waals surface area contributed by atoms with E-state index in [1.165, 1.54) is 13.2 Å². The summed E-state index contributed by atoms with van der Waals surface area (Å²) in [6.07, 6.45) is 1.70. The number of hydrogen-bond acceptors (Lipinski definition) is 9. The Balaban J connectivity index is 1.45. The minimum atomic E-state index is -1.38. The number of hydroxylamine groups is 1. The normalized spacial score (nSPS) is 38.9. The smallest absolute Gasteiger partial charge is 0.479 e. The molecule has 8 atom stereocenters. The average Bonchev–Trinajstić information content (AvgIpc) is 3.48. The summed E-state index contributed by atoms with van der Waals surface area (Å²) in [5.74, 6) is -1.87. The zero-order valence-corrected chi connectivity index (χ0v) is 24.0. The van der Waals surface area contributed by atoms with Crippen LogP contribution in [0.5, 0.6) is 5.75 Å². The Hall–Kier alpha value is -2.05. The van der Waals surface area contributed by atoms with Gasteiger partial charge in [0.05, 0.1) is 19.8 Å². The van der Waals surface area contributed by atoms with Crippen LogP contribution in [0.25, 0.3) is 0 Å². The zero-order valence-electron chi connectivity index (χ0n) is 24.0. The van der Waals surface area contributed by atoms with Crippen molar-refractivity contribution in [2.75, 3.05) is 20.3 Å². The lowest BCUT2D eigenvalue weighted by molar-refractivity contribution is -0.214. The molecule has 0 radical (unpaired) electrons. The Morgan fingerprint density at radius 3 is 2.75 bits per heavy atom. The maximum absolute atomic E-state index is 15.0. The second-order valence-corrected chi connectivity index (χ2v) is 12.9. The van der Waals surface area contributed by atoms with Crippen molar-refractivity contribution in [1.82, 2.24) is 5.48 Å². The number of benzene rings is 1. The van der Waals surface area contributed by atoms with E-state index in [9.17, 15) is 24.1 Å². The van der Waals surface area contributed by atoms with Crippen LogP contribution in [0.2, 0.25) is 0 Å². The molecule has 40 heavy (non-hydrogen) atoms. The van der Waals surface area contributed by atoms with Gasteiger partial charge >= 0.3 is 13.1 Å². The molecule has 0 saturated heterocycles. The summed E-state index contributed by atoms with van der Waals surface area (Å²) < 4.78 is 31.8. The molecule has 1 aromatic rings. The van der Waals surface area contributed by atoms with Crippen LogP contribution >= 0.6 is 0 Å². The van der Waals surface area contributed by atoms with Gasteiger partial charge in [0.2, 0.25) is 0 Å². The molecule has 1 aromatic carbocycles. The summed E-state index contributed by atoms with van der Waals surface area (Å²) in [5, 5.41) is 21.7. The highest BCUT2D eigenvalue weighted by atomic mass is 19.1. The lowest BCUT2D eigenvalue weighted by atomic mass is 9.44. The number of fused-ring (bicyclic) bond motifs is 1. The number of nitrogens with one attached hydrogen (secondary N) is 1. The third-order valence-corrected chi connectivity index (χ3v) is 11.0. The number of ketones is 1. The molecular weight excluding hydrogens is 520 g/mol. The molecule has 3 saturated carbocycles. The number of carbonyl (C=O) groups is 2. The van der Waals surface area contributed by atoms with Crippen LogP contribution in [-0.4, -0.2) is 61.5 Å². The Bertz CT molecular complexity index is 1170. The van der Waals surface area contributed by atoms with Gasteiger partial charge in [0.25, 0.3) is 0 Å². The van der Waals surface area contributed by atoms with Gasteiger partial charge in [-0.2, -0.15) is 0 Å². The zero-order chi connectivity index (χ0) is 29.0. The topological polar surface area (TPSA) is 124 Å². The van der Waals surface area contributed by atoms with Gasteiger partial charge < -0.3 is 29.1 Å². The molecule has 0 aromatic heterocycles. The number of hydrogen-bond donors (Lipinski definition) is 3. The number of aliphatic hydroxyl groups excluding tert-OH is 1. The predicted octanol–water partition coefficient (Wildman–Crippen LogP) is 2.29. The summed E-state index contributed by atoms with van der Waals surface area (Å²) in [6.45, 7) is 8.07. The number of esters is 1. The highest BCUT2D eigenvalue weighted by molar-refractivity contribution is 6.61. The third kappa shape index (κ3) is 4.49. The number of aliphatic hydroxyl groups is 1. The van der Waals surface area contributed by atoms with E-state index in [-0.39, 0.29) is 46.8 Å². The Morgan fingerprint density at radius 2 is 2.02 bits per heavy atom. The molecule has 1 aliphatic heterocycles. The van der Waals surface area contributed by atoms with Crippen LogP contribution in [0.15, 0.2) is 12.1 Å². The van der Waals surface area contributed by atoms with E-state index in [2.05, 4.69) is 26.3 Å². The van der Waals surface area contributed by atoms with Gasteiger partial charge in [0.1, 0.15) is 11.9 Å². The Morgan fingerprint density at radius 1 is 1.27 bits per heavy atom. The summed E-state index contributed by atoms with van der Waals surface area (Å²) in [4.78, 5) is 32.0. The van der Waals surface area contributed by atoms with Crippen LogP contribution in [0.1, 0.15) is 65.4 Å². The molecule has 5 rings (SSSR count). The molecule has 0 amide bonds.